The Kier molecular flexibility index (Phi) is 4.64. The van der Waals surface area contributed by atoms with Crippen molar-refractivity contribution in [2.75, 3.05) is 24.5 Å². The third-order valence-corrected chi connectivity index (χ3v) is 5.05. The number of hydrogen-bond acceptors (Lipinski definition) is 4. The molecule has 24 heavy (non-hydrogen) atoms. The summed E-state index contributed by atoms with van der Waals surface area (Å²) in [5.74, 6) is 0.520. The van der Waals surface area contributed by atoms with Crippen molar-refractivity contribution in [1.82, 2.24) is 19.8 Å². The second-order valence-corrected chi connectivity index (χ2v) is 6.78. The molecule has 2 saturated heterocycles. The maximum atomic E-state index is 12.4. The minimum absolute atomic E-state index is 0.00785. The number of aromatic nitrogens is 2. The second-order valence-electron chi connectivity index (χ2n) is 6.78. The molecule has 0 bridgehead atoms. The van der Waals surface area contributed by atoms with Crippen LogP contribution in [0.3, 0.4) is 0 Å². The van der Waals surface area contributed by atoms with Gasteiger partial charge < -0.3 is 15.1 Å². The van der Waals surface area contributed by atoms with E-state index in [9.17, 15) is 14.4 Å². The summed E-state index contributed by atoms with van der Waals surface area (Å²) in [5.41, 5.74) is -0.754. The predicted octanol–water partition coefficient (Wildman–Crippen LogP) is 0.236. The Hall–Kier alpha value is -2.25. The summed E-state index contributed by atoms with van der Waals surface area (Å²) < 4.78 is 1.04. The van der Waals surface area contributed by atoms with Gasteiger partial charge in [0.1, 0.15) is 5.82 Å². The maximum absolute atomic E-state index is 12.4. The fraction of sp³-hybridized carbons (Fsp3) is 0.688. The Bertz CT molecular complexity index is 694. The number of carbonyl (C=O) groups excluding carboxylic acids is 1. The molecule has 2 amide bonds. The van der Waals surface area contributed by atoms with E-state index in [1.165, 1.54) is 19.5 Å². The van der Waals surface area contributed by atoms with E-state index in [2.05, 4.69) is 17.2 Å². The van der Waals surface area contributed by atoms with Crippen molar-refractivity contribution in [3.8, 4) is 0 Å². The SMILES string of the molecule is CC1CCCCN1C(=O)NC1CCN(c2cc(=O)n(C)c(=O)[nH]2)C1. The van der Waals surface area contributed by atoms with Gasteiger partial charge in [-0.05, 0) is 32.6 Å². The molecule has 1 aromatic heterocycles. The van der Waals surface area contributed by atoms with E-state index in [1.54, 1.807) is 0 Å². The fourth-order valence-electron chi connectivity index (χ4n) is 3.47. The molecular formula is C16H25N5O3. The first-order valence-corrected chi connectivity index (χ1v) is 8.58. The first-order valence-electron chi connectivity index (χ1n) is 8.58. The number of nitrogens with zero attached hydrogens (tertiary/aromatic N) is 3. The number of anilines is 1. The molecule has 0 spiro atoms. The van der Waals surface area contributed by atoms with Crippen molar-refractivity contribution in [3.05, 3.63) is 26.9 Å². The Morgan fingerprint density at radius 2 is 2.04 bits per heavy atom. The van der Waals surface area contributed by atoms with Gasteiger partial charge in [-0.2, -0.15) is 0 Å². The van der Waals surface area contributed by atoms with Gasteiger partial charge in [-0.3, -0.25) is 14.3 Å². The Balaban J connectivity index is 1.62. The number of rotatable bonds is 2. The summed E-state index contributed by atoms with van der Waals surface area (Å²) >= 11 is 0. The molecule has 0 aliphatic carbocycles. The summed E-state index contributed by atoms with van der Waals surface area (Å²) in [6.45, 7) is 4.19. The highest BCUT2D eigenvalue weighted by atomic mass is 16.2. The Morgan fingerprint density at radius 1 is 1.25 bits per heavy atom. The summed E-state index contributed by atoms with van der Waals surface area (Å²) in [6.07, 6.45) is 4.09. The zero-order valence-corrected chi connectivity index (χ0v) is 14.2. The molecule has 132 valence electrons. The van der Waals surface area contributed by atoms with Gasteiger partial charge in [0.25, 0.3) is 5.56 Å². The molecule has 1 aromatic rings. The van der Waals surface area contributed by atoms with Crippen LogP contribution < -0.4 is 21.5 Å². The third-order valence-electron chi connectivity index (χ3n) is 5.05. The number of urea groups is 1. The van der Waals surface area contributed by atoms with E-state index in [0.717, 1.165) is 30.4 Å². The molecule has 2 atom stereocenters. The monoisotopic (exact) mass is 335 g/mol. The lowest BCUT2D eigenvalue weighted by Gasteiger charge is -2.34. The number of nitrogens with one attached hydrogen (secondary N) is 2. The van der Waals surface area contributed by atoms with Gasteiger partial charge in [0.15, 0.2) is 0 Å². The molecule has 3 rings (SSSR count). The van der Waals surface area contributed by atoms with Crippen LogP contribution in [-0.2, 0) is 7.05 Å². The highest BCUT2D eigenvalue weighted by molar-refractivity contribution is 5.75. The van der Waals surface area contributed by atoms with Crippen LogP contribution in [0.1, 0.15) is 32.6 Å². The number of aromatic amines is 1. The molecule has 0 saturated carbocycles. The van der Waals surface area contributed by atoms with Crippen molar-refractivity contribution in [1.29, 1.82) is 0 Å². The van der Waals surface area contributed by atoms with Crippen LogP contribution in [0.15, 0.2) is 15.7 Å². The van der Waals surface area contributed by atoms with Crippen LogP contribution in [0.2, 0.25) is 0 Å². The molecule has 8 nitrogen and oxygen atoms in total. The minimum Gasteiger partial charge on any atom is -0.356 e. The maximum Gasteiger partial charge on any atom is 0.329 e. The van der Waals surface area contributed by atoms with E-state index in [-0.39, 0.29) is 23.7 Å². The van der Waals surface area contributed by atoms with Crippen LogP contribution in [0.25, 0.3) is 0 Å². The molecule has 2 aliphatic rings. The highest BCUT2D eigenvalue weighted by Gasteiger charge is 2.29. The van der Waals surface area contributed by atoms with Gasteiger partial charge in [-0.1, -0.05) is 0 Å². The molecule has 0 aromatic carbocycles. The molecular weight excluding hydrogens is 310 g/mol. The standard InChI is InChI=1S/C16H25N5O3/c1-11-5-3-4-7-21(11)16(24)17-12-6-8-20(10-12)13-9-14(22)19(2)15(23)18-13/h9,11-12H,3-8,10H2,1-2H3,(H,17,24)(H,18,23). The molecule has 3 heterocycles. The van der Waals surface area contributed by atoms with Gasteiger partial charge in [-0.15, -0.1) is 0 Å². The molecule has 2 aliphatic heterocycles. The lowest BCUT2D eigenvalue weighted by molar-refractivity contribution is 0.155. The van der Waals surface area contributed by atoms with Crippen molar-refractivity contribution >= 4 is 11.8 Å². The number of H-pyrrole nitrogens is 1. The molecule has 2 unspecified atom stereocenters. The van der Waals surface area contributed by atoms with Gasteiger partial charge in [0, 0.05) is 44.8 Å². The van der Waals surface area contributed by atoms with E-state index < -0.39 is 5.69 Å². The summed E-state index contributed by atoms with van der Waals surface area (Å²) in [7, 11) is 1.44. The van der Waals surface area contributed by atoms with Crippen LogP contribution >= 0.6 is 0 Å². The summed E-state index contributed by atoms with van der Waals surface area (Å²) in [6, 6.07) is 1.73. The quantitative estimate of drug-likeness (QED) is 0.810. The second kappa shape index (κ2) is 6.70. The van der Waals surface area contributed by atoms with Crippen molar-refractivity contribution < 1.29 is 4.79 Å². The first-order chi connectivity index (χ1) is 11.5. The zero-order chi connectivity index (χ0) is 17.3. The van der Waals surface area contributed by atoms with E-state index in [1.807, 2.05) is 9.80 Å². The van der Waals surface area contributed by atoms with Gasteiger partial charge in [0.2, 0.25) is 0 Å². The number of likely N-dealkylation sites (tertiary alicyclic amines) is 1. The van der Waals surface area contributed by atoms with E-state index in [0.29, 0.717) is 18.9 Å². The lowest BCUT2D eigenvalue weighted by atomic mass is 10.0. The van der Waals surface area contributed by atoms with Crippen molar-refractivity contribution in [2.45, 2.75) is 44.7 Å². The Labute approximate surface area is 140 Å². The van der Waals surface area contributed by atoms with Gasteiger partial charge >= 0.3 is 11.7 Å². The summed E-state index contributed by atoms with van der Waals surface area (Å²) in [4.78, 5) is 42.5. The van der Waals surface area contributed by atoms with Gasteiger partial charge in [-0.25, -0.2) is 9.59 Å². The first kappa shape index (κ1) is 16.6. The fourth-order valence-corrected chi connectivity index (χ4v) is 3.47. The number of amides is 2. The number of piperidine rings is 1. The summed E-state index contributed by atoms with van der Waals surface area (Å²) in [5, 5.41) is 3.09. The largest absolute Gasteiger partial charge is 0.356 e. The Morgan fingerprint density at radius 3 is 2.75 bits per heavy atom. The van der Waals surface area contributed by atoms with Crippen LogP contribution in [0, 0.1) is 0 Å². The average molecular weight is 335 g/mol. The van der Waals surface area contributed by atoms with E-state index >= 15 is 0 Å². The van der Waals surface area contributed by atoms with Crippen LogP contribution in [0.4, 0.5) is 10.6 Å². The predicted molar refractivity (Wildman–Crippen MR) is 91.5 cm³/mol. The smallest absolute Gasteiger partial charge is 0.329 e. The molecule has 2 fully saturated rings. The number of carbonyl (C=O) groups is 1. The zero-order valence-electron chi connectivity index (χ0n) is 14.2. The normalized spacial score (nSPS) is 24.2. The topological polar surface area (TPSA) is 90.4 Å². The molecule has 2 N–H and O–H groups in total. The van der Waals surface area contributed by atoms with Gasteiger partial charge in [0.05, 0.1) is 0 Å². The van der Waals surface area contributed by atoms with E-state index in [4.69, 9.17) is 0 Å². The molecule has 8 heteroatoms. The average Bonchev–Trinajstić information content (AvgIpc) is 3.01. The lowest BCUT2D eigenvalue weighted by Crippen LogP contribution is -2.50. The highest BCUT2D eigenvalue weighted by Crippen LogP contribution is 2.19. The van der Waals surface area contributed by atoms with Crippen LogP contribution in [-0.4, -0.2) is 52.2 Å². The van der Waals surface area contributed by atoms with Crippen molar-refractivity contribution in [2.24, 2.45) is 7.05 Å². The van der Waals surface area contributed by atoms with Crippen LogP contribution in [0.5, 0.6) is 0 Å². The molecule has 0 radical (unpaired) electrons. The van der Waals surface area contributed by atoms with Crippen molar-refractivity contribution in [3.63, 3.8) is 0 Å². The third kappa shape index (κ3) is 3.32. The minimum atomic E-state index is -0.424. The number of hydrogen-bond donors (Lipinski definition) is 2.